The minimum atomic E-state index is -0.335. The van der Waals surface area contributed by atoms with Gasteiger partial charge in [0.15, 0.2) is 0 Å². The van der Waals surface area contributed by atoms with Crippen molar-refractivity contribution in [1.82, 2.24) is 0 Å². The van der Waals surface area contributed by atoms with Gasteiger partial charge in [-0.2, -0.15) is 0 Å². The molecular weight excluding hydrogens is 360 g/mol. The summed E-state index contributed by atoms with van der Waals surface area (Å²) >= 11 is 6.74. The van der Waals surface area contributed by atoms with Crippen molar-refractivity contribution < 1.29 is 9.53 Å². The number of hydrogen-bond donors (Lipinski definition) is 0. The van der Waals surface area contributed by atoms with Gasteiger partial charge in [-0.05, 0) is 34.1 Å². The summed E-state index contributed by atoms with van der Waals surface area (Å²) in [5.74, 6) is -0.335. The van der Waals surface area contributed by atoms with Crippen molar-refractivity contribution in [2.24, 2.45) is 0 Å². The molecule has 0 amide bonds. The highest BCUT2D eigenvalue weighted by Crippen LogP contribution is 2.20. The Balaban J connectivity index is 2.06. The molecule has 2 nitrogen and oxygen atoms in total. The van der Waals surface area contributed by atoms with Crippen molar-refractivity contribution in [2.45, 2.75) is 6.61 Å². The lowest BCUT2D eigenvalue weighted by atomic mass is 10.2. The SMILES string of the molecule is O=C(OCc1ccccc1Br)c1ccccc1Br. The highest BCUT2D eigenvalue weighted by molar-refractivity contribution is 9.10. The van der Waals surface area contributed by atoms with E-state index >= 15 is 0 Å². The second kappa shape index (κ2) is 6.16. The largest absolute Gasteiger partial charge is 0.457 e. The van der Waals surface area contributed by atoms with Gasteiger partial charge >= 0.3 is 5.97 Å². The van der Waals surface area contributed by atoms with Crippen LogP contribution in [0, 0.1) is 0 Å². The van der Waals surface area contributed by atoms with Gasteiger partial charge in [0.2, 0.25) is 0 Å². The van der Waals surface area contributed by atoms with E-state index in [-0.39, 0.29) is 12.6 Å². The summed E-state index contributed by atoms with van der Waals surface area (Å²) in [6.07, 6.45) is 0. The van der Waals surface area contributed by atoms with Crippen LogP contribution in [0.2, 0.25) is 0 Å². The van der Waals surface area contributed by atoms with Gasteiger partial charge in [-0.25, -0.2) is 4.79 Å². The molecule has 0 bridgehead atoms. The molecule has 0 saturated carbocycles. The van der Waals surface area contributed by atoms with Crippen molar-refractivity contribution >= 4 is 37.8 Å². The van der Waals surface area contributed by atoms with Gasteiger partial charge in [-0.15, -0.1) is 0 Å². The van der Waals surface area contributed by atoms with Crippen molar-refractivity contribution in [3.63, 3.8) is 0 Å². The third-order valence-corrected chi connectivity index (χ3v) is 3.88. The minimum Gasteiger partial charge on any atom is -0.457 e. The molecule has 92 valence electrons. The average Bonchev–Trinajstić information content (AvgIpc) is 2.38. The molecule has 0 spiro atoms. The van der Waals surface area contributed by atoms with E-state index in [0.717, 1.165) is 14.5 Å². The van der Waals surface area contributed by atoms with E-state index in [2.05, 4.69) is 31.9 Å². The monoisotopic (exact) mass is 368 g/mol. The highest BCUT2D eigenvalue weighted by Gasteiger charge is 2.11. The van der Waals surface area contributed by atoms with Crippen LogP contribution in [0.15, 0.2) is 57.5 Å². The molecule has 0 aromatic heterocycles. The summed E-state index contributed by atoms with van der Waals surface area (Å²) in [6.45, 7) is 0.252. The van der Waals surface area contributed by atoms with Crippen LogP contribution in [-0.2, 0) is 11.3 Å². The molecule has 4 heteroatoms. The maximum Gasteiger partial charge on any atom is 0.339 e. The number of rotatable bonds is 3. The lowest BCUT2D eigenvalue weighted by molar-refractivity contribution is 0.0471. The Hall–Kier alpha value is -1.13. The third-order valence-electron chi connectivity index (χ3n) is 2.41. The van der Waals surface area contributed by atoms with Crippen molar-refractivity contribution in [1.29, 1.82) is 0 Å². The first-order valence-corrected chi connectivity index (χ1v) is 6.92. The van der Waals surface area contributed by atoms with Gasteiger partial charge in [0, 0.05) is 14.5 Å². The maximum atomic E-state index is 11.9. The standard InChI is InChI=1S/C14H10Br2O2/c15-12-7-3-1-5-10(12)9-18-14(17)11-6-2-4-8-13(11)16/h1-8H,9H2. The van der Waals surface area contributed by atoms with E-state index in [1.54, 1.807) is 12.1 Å². The second-order valence-corrected chi connectivity index (χ2v) is 5.36. The number of esters is 1. The molecule has 0 aliphatic heterocycles. The molecular formula is C14H10Br2O2. The first-order chi connectivity index (χ1) is 8.68. The van der Waals surface area contributed by atoms with Crippen LogP contribution in [0.1, 0.15) is 15.9 Å². The van der Waals surface area contributed by atoms with Crippen molar-refractivity contribution in [3.8, 4) is 0 Å². The van der Waals surface area contributed by atoms with Crippen LogP contribution >= 0.6 is 31.9 Å². The Kier molecular flexibility index (Phi) is 4.55. The van der Waals surface area contributed by atoms with Crippen LogP contribution in [-0.4, -0.2) is 5.97 Å². The van der Waals surface area contributed by atoms with Crippen LogP contribution in [0.25, 0.3) is 0 Å². The molecule has 0 fully saturated rings. The minimum absolute atomic E-state index is 0.252. The molecule has 0 radical (unpaired) electrons. The summed E-state index contributed by atoms with van der Waals surface area (Å²) < 4.78 is 6.95. The fraction of sp³-hybridized carbons (Fsp3) is 0.0714. The zero-order valence-electron chi connectivity index (χ0n) is 9.40. The Morgan fingerprint density at radius 3 is 2.22 bits per heavy atom. The smallest absolute Gasteiger partial charge is 0.339 e. The number of hydrogen-bond acceptors (Lipinski definition) is 2. The van der Waals surface area contributed by atoms with E-state index < -0.39 is 0 Å². The molecule has 2 aromatic carbocycles. The Bertz CT molecular complexity index is 567. The molecule has 18 heavy (non-hydrogen) atoms. The summed E-state index contributed by atoms with van der Waals surface area (Å²) in [5, 5.41) is 0. The number of carbonyl (C=O) groups is 1. The van der Waals surface area contributed by atoms with E-state index in [1.165, 1.54) is 0 Å². The summed E-state index contributed by atoms with van der Waals surface area (Å²) in [7, 11) is 0. The Morgan fingerprint density at radius 1 is 0.944 bits per heavy atom. The molecule has 0 aliphatic carbocycles. The van der Waals surface area contributed by atoms with Gasteiger partial charge < -0.3 is 4.74 Å². The maximum absolute atomic E-state index is 11.9. The quantitative estimate of drug-likeness (QED) is 0.741. The first-order valence-electron chi connectivity index (χ1n) is 5.33. The molecule has 0 unspecified atom stereocenters. The second-order valence-electron chi connectivity index (χ2n) is 3.65. The van der Waals surface area contributed by atoms with E-state index in [0.29, 0.717) is 5.56 Å². The van der Waals surface area contributed by atoms with Crippen molar-refractivity contribution in [2.75, 3.05) is 0 Å². The van der Waals surface area contributed by atoms with Gasteiger partial charge in [0.25, 0.3) is 0 Å². The van der Waals surface area contributed by atoms with Crippen LogP contribution < -0.4 is 0 Å². The predicted molar refractivity (Wildman–Crippen MR) is 77.4 cm³/mol. The van der Waals surface area contributed by atoms with E-state index in [1.807, 2.05) is 36.4 Å². The van der Waals surface area contributed by atoms with Gasteiger partial charge in [-0.1, -0.05) is 46.3 Å². The fourth-order valence-electron chi connectivity index (χ4n) is 1.46. The molecule has 2 rings (SSSR count). The summed E-state index contributed by atoms with van der Waals surface area (Å²) in [6, 6.07) is 14.9. The normalized spacial score (nSPS) is 10.1. The number of halogens is 2. The number of benzene rings is 2. The predicted octanol–water partition coefficient (Wildman–Crippen LogP) is 4.57. The third kappa shape index (κ3) is 3.21. The topological polar surface area (TPSA) is 26.3 Å². The first kappa shape index (κ1) is 13.3. The van der Waals surface area contributed by atoms with Gasteiger partial charge in [-0.3, -0.25) is 0 Å². The van der Waals surface area contributed by atoms with Crippen LogP contribution in [0.5, 0.6) is 0 Å². The number of carbonyl (C=O) groups excluding carboxylic acids is 1. The molecule has 2 aromatic rings. The van der Waals surface area contributed by atoms with Gasteiger partial charge in [0.05, 0.1) is 5.56 Å². The number of ether oxygens (including phenoxy) is 1. The molecule has 0 atom stereocenters. The van der Waals surface area contributed by atoms with E-state index in [9.17, 15) is 4.79 Å². The average molecular weight is 370 g/mol. The van der Waals surface area contributed by atoms with Crippen LogP contribution in [0.4, 0.5) is 0 Å². The van der Waals surface area contributed by atoms with Crippen molar-refractivity contribution in [3.05, 3.63) is 68.6 Å². The van der Waals surface area contributed by atoms with E-state index in [4.69, 9.17) is 4.74 Å². The van der Waals surface area contributed by atoms with Crippen LogP contribution in [0.3, 0.4) is 0 Å². The lowest BCUT2D eigenvalue weighted by Gasteiger charge is -2.07. The molecule has 0 saturated heterocycles. The fourth-order valence-corrected chi connectivity index (χ4v) is 2.31. The lowest BCUT2D eigenvalue weighted by Crippen LogP contribution is -2.06. The molecule has 0 aliphatic rings. The Morgan fingerprint density at radius 2 is 1.56 bits per heavy atom. The van der Waals surface area contributed by atoms with Gasteiger partial charge in [0.1, 0.15) is 6.61 Å². The zero-order valence-corrected chi connectivity index (χ0v) is 12.6. The molecule has 0 heterocycles. The zero-order chi connectivity index (χ0) is 13.0. The molecule has 0 N–H and O–H groups in total. The highest BCUT2D eigenvalue weighted by atomic mass is 79.9. The summed E-state index contributed by atoms with van der Waals surface area (Å²) in [5.41, 5.74) is 1.47. The Labute approximate surface area is 122 Å². The summed E-state index contributed by atoms with van der Waals surface area (Å²) in [4.78, 5) is 11.9.